The number of benzene rings is 1. The van der Waals surface area contributed by atoms with Gasteiger partial charge in [-0.3, -0.25) is 14.4 Å². The van der Waals surface area contributed by atoms with Gasteiger partial charge in [0.15, 0.2) is 0 Å². The maximum absolute atomic E-state index is 13.0. The molecule has 0 aromatic heterocycles. The normalized spacial score (nSPS) is 19.4. The van der Waals surface area contributed by atoms with Crippen LogP contribution in [0.5, 0.6) is 0 Å². The van der Waals surface area contributed by atoms with Gasteiger partial charge in [0, 0.05) is 50.1 Å². The number of carbonyl (C=O) groups excluding carboxylic acids is 3. The summed E-state index contributed by atoms with van der Waals surface area (Å²) in [6, 6.07) is 9.94. The van der Waals surface area contributed by atoms with Crippen LogP contribution in [-0.2, 0) is 14.4 Å². The number of nitrogens with zero attached hydrogens (tertiary/aromatic N) is 2. The van der Waals surface area contributed by atoms with E-state index < -0.39 is 0 Å². The molecule has 6 nitrogen and oxygen atoms in total. The Morgan fingerprint density at radius 2 is 1.44 bits per heavy atom. The van der Waals surface area contributed by atoms with Crippen molar-refractivity contribution in [1.82, 2.24) is 15.1 Å². The smallest absolute Gasteiger partial charge is 0.246 e. The Morgan fingerprint density at radius 3 is 2.03 bits per heavy atom. The van der Waals surface area contributed by atoms with Crippen LogP contribution in [0.2, 0.25) is 0 Å². The Morgan fingerprint density at radius 1 is 0.875 bits per heavy atom. The van der Waals surface area contributed by atoms with E-state index >= 15 is 0 Å². The van der Waals surface area contributed by atoms with Crippen LogP contribution in [-0.4, -0.2) is 59.7 Å². The van der Waals surface area contributed by atoms with Gasteiger partial charge in [0.25, 0.3) is 0 Å². The molecule has 6 heteroatoms. The zero-order valence-electron chi connectivity index (χ0n) is 19.6. The van der Waals surface area contributed by atoms with Gasteiger partial charge in [0.1, 0.15) is 0 Å². The van der Waals surface area contributed by atoms with E-state index in [1.807, 2.05) is 53.1 Å². The van der Waals surface area contributed by atoms with Crippen molar-refractivity contribution in [3.63, 3.8) is 0 Å². The summed E-state index contributed by atoms with van der Waals surface area (Å²) in [5.41, 5.74) is 1.00. The van der Waals surface area contributed by atoms with Gasteiger partial charge < -0.3 is 15.1 Å². The highest BCUT2D eigenvalue weighted by Crippen LogP contribution is 2.24. The minimum atomic E-state index is -0.0245. The Hall–Kier alpha value is -2.63. The topological polar surface area (TPSA) is 69.7 Å². The third-order valence-electron chi connectivity index (χ3n) is 6.92. The largest absolute Gasteiger partial charge is 0.353 e. The third kappa shape index (κ3) is 6.44. The number of carbonyl (C=O) groups is 3. The van der Waals surface area contributed by atoms with Crippen molar-refractivity contribution in [2.45, 2.75) is 52.5 Å². The van der Waals surface area contributed by atoms with Gasteiger partial charge >= 0.3 is 0 Å². The molecule has 1 atom stereocenters. The van der Waals surface area contributed by atoms with E-state index in [-0.39, 0.29) is 35.6 Å². The van der Waals surface area contributed by atoms with E-state index in [9.17, 15) is 14.4 Å². The standard InChI is InChI=1S/C26H37N3O3/c1-19(2)20(3)27-25(31)22-11-17-29(18-12-22)26(32)23-13-15-28(16-14-23)24(30)10-9-21-7-5-4-6-8-21/h4-10,19-20,22-23H,11-18H2,1-3H3,(H,27,31)/b10-9+/t20-/m0/s1. The van der Waals surface area contributed by atoms with Gasteiger partial charge in [-0.15, -0.1) is 0 Å². The van der Waals surface area contributed by atoms with E-state index in [1.165, 1.54) is 0 Å². The molecule has 1 aromatic carbocycles. The second-order valence-corrected chi connectivity index (χ2v) is 9.48. The summed E-state index contributed by atoms with van der Waals surface area (Å²) in [6.45, 7) is 8.75. The second-order valence-electron chi connectivity index (χ2n) is 9.48. The second kappa shape index (κ2) is 11.3. The molecule has 0 radical (unpaired) electrons. The van der Waals surface area contributed by atoms with Crippen LogP contribution < -0.4 is 5.32 Å². The predicted molar refractivity (Wildman–Crippen MR) is 127 cm³/mol. The van der Waals surface area contributed by atoms with E-state index in [0.717, 1.165) is 18.4 Å². The average Bonchev–Trinajstić information content (AvgIpc) is 2.82. The number of piperidine rings is 2. The minimum absolute atomic E-state index is 0.00204. The third-order valence-corrected chi connectivity index (χ3v) is 6.92. The van der Waals surface area contributed by atoms with E-state index in [1.54, 1.807) is 6.08 Å². The Labute approximate surface area is 192 Å². The summed E-state index contributed by atoms with van der Waals surface area (Å²) in [7, 11) is 0. The van der Waals surface area contributed by atoms with Gasteiger partial charge in [0.05, 0.1) is 0 Å². The highest BCUT2D eigenvalue weighted by atomic mass is 16.2. The first-order valence-electron chi connectivity index (χ1n) is 12.0. The zero-order valence-corrected chi connectivity index (χ0v) is 19.6. The van der Waals surface area contributed by atoms with E-state index in [0.29, 0.717) is 44.9 Å². The first-order valence-corrected chi connectivity index (χ1v) is 12.0. The fraction of sp³-hybridized carbons (Fsp3) is 0.577. The fourth-order valence-electron chi connectivity index (χ4n) is 4.31. The summed E-state index contributed by atoms with van der Waals surface area (Å²) in [5, 5.41) is 3.11. The monoisotopic (exact) mass is 439 g/mol. The molecule has 2 saturated heterocycles. The van der Waals surface area contributed by atoms with Gasteiger partial charge in [-0.1, -0.05) is 44.2 Å². The van der Waals surface area contributed by atoms with Crippen molar-refractivity contribution in [3.05, 3.63) is 42.0 Å². The molecule has 0 saturated carbocycles. The molecule has 0 bridgehead atoms. The van der Waals surface area contributed by atoms with Crippen LogP contribution in [0.4, 0.5) is 0 Å². The molecule has 1 aromatic rings. The molecule has 0 aliphatic carbocycles. The number of likely N-dealkylation sites (tertiary alicyclic amines) is 2. The summed E-state index contributed by atoms with van der Waals surface area (Å²) >= 11 is 0. The Bertz CT molecular complexity index is 805. The van der Waals surface area contributed by atoms with E-state index in [2.05, 4.69) is 19.2 Å². The fourth-order valence-corrected chi connectivity index (χ4v) is 4.31. The van der Waals surface area contributed by atoms with Crippen LogP contribution in [0.3, 0.4) is 0 Å². The molecule has 1 N–H and O–H groups in total. The van der Waals surface area contributed by atoms with Crippen LogP contribution >= 0.6 is 0 Å². The number of hydrogen-bond donors (Lipinski definition) is 1. The lowest BCUT2D eigenvalue weighted by Crippen LogP contribution is -2.48. The van der Waals surface area contributed by atoms with Crippen molar-refractivity contribution < 1.29 is 14.4 Å². The summed E-state index contributed by atoms with van der Waals surface area (Å²) in [4.78, 5) is 41.7. The van der Waals surface area contributed by atoms with Crippen LogP contribution in [0.25, 0.3) is 6.08 Å². The van der Waals surface area contributed by atoms with Crippen molar-refractivity contribution >= 4 is 23.8 Å². The SMILES string of the molecule is CC(C)[C@H](C)NC(=O)C1CCN(C(=O)C2CCN(C(=O)/C=C/c3ccccc3)CC2)CC1. The first kappa shape index (κ1) is 24.0. The van der Waals surface area contributed by atoms with E-state index in [4.69, 9.17) is 0 Å². The lowest BCUT2D eigenvalue weighted by Gasteiger charge is -2.37. The zero-order chi connectivity index (χ0) is 23.1. The highest BCUT2D eigenvalue weighted by Gasteiger charge is 2.33. The maximum atomic E-state index is 13.0. The van der Waals surface area contributed by atoms with Crippen LogP contribution in [0.15, 0.2) is 36.4 Å². The number of hydrogen-bond acceptors (Lipinski definition) is 3. The Kier molecular flexibility index (Phi) is 8.48. The molecule has 2 aliphatic heterocycles. The summed E-state index contributed by atoms with van der Waals surface area (Å²) in [6.07, 6.45) is 6.31. The molecular formula is C26H37N3O3. The van der Waals surface area contributed by atoms with Gasteiger partial charge in [-0.05, 0) is 50.2 Å². The average molecular weight is 440 g/mol. The first-order chi connectivity index (χ1) is 15.3. The molecule has 2 aliphatic rings. The molecular weight excluding hydrogens is 402 g/mol. The molecule has 2 fully saturated rings. The van der Waals surface area contributed by atoms with Crippen molar-refractivity contribution in [2.75, 3.05) is 26.2 Å². The molecule has 174 valence electrons. The van der Waals surface area contributed by atoms with Gasteiger partial charge in [-0.25, -0.2) is 0 Å². The molecule has 3 amide bonds. The maximum Gasteiger partial charge on any atom is 0.246 e. The van der Waals surface area contributed by atoms with Crippen molar-refractivity contribution in [1.29, 1.82) is 0 Å². The van der Waals surface area contributed by atoms with Gasteiger partial charge in [0.2, 0.25) is 17.7 Å². The quantitative estimate of drug-likeness (QED) is 0.691. The number of rotatable bonds is 6. The summed E-state index contributed by atoms with van der Waals surface area (Å²) in [5.74, 6) is 0.689. The van der Waals surface area contributed by atoms with Crippen molar-refractivity contribution in [3.8, 4) is 0 Å². The molecule has 3 rings (SSSR count). The minimum Gasteiger partial charge on any atom is -0.353 e. The number of amides is 3. The van der Waals surface area contributed by atoms with Crippen molar-refractivity contribution in [2.24, 2.45) is 17.8 Å². The Balaban J connectivity index is 1.41. The molecule has 2 heterocycles. The summed E-state index contributed by atoms with van der Waals surface area (Å²) < 4.78 is 0. The molecule has 0 spiro atoms. The predicted octanol–water partition coefficient (Wildman–Crippen LogP) is 3.34. The van der Waals surface area contributed by atoms with Crippen LogP contribution in [0, 0.1) is 17.8 Å². The highest BCUT2D eigenvalue weighted by molar-refractivity contribution is 5.92. The number of nitrogens with one attached hydrogen (secondary N) is 1. The van der Waals surface area contributed by atoms with Crippen LogP contribution in [0.1, 0.15) is 52.0 Å². The molecule has 0 unspecified atom stereocenters. The van der Waals surface area contributed by atoms with Gasteiger partial charge in [-0.2, -0.15) is 0 Å². The lowest BCUT2D eigenvalue weighted by molar-refractivity contribution is -0.142. The molecule has 32 heavy (non-hydrogen) atoms. The lowest BCUT2D eigenvalue weighted by atomic mass is 9.91.